The van der Waals surface area contributed by atoms with Crippen LogP contribution in [0.2, 0.25) is 0 Å². The van der Waals surface area contributed by atoms with Crippen LogP contribution in [0.1, 0.15) is 18.9 Å². The van der Waals surface area contributed by atoms with Crippen LogP contribution in [0.15, 0.2) is 24.3 Å². The maximum absolute atomic E-state index is 11.5. The molecule has 0 atom stereocenters. The van der Waals surface area contributed by atoms with E-state index in [2.05, 4.69) is 5.32 Å². The number of aromatic hydroxyl groups is 1. The number of phenolic OH excluding ortho intramolecular Hbond substituents is 1. The molecule has 0 bridgehead atoms. The second-order valence-corrected chi connectivity index (χ2v) is 4.19. The molecule has 0 aliphatic heterocycles. The third kappa shape index (κ3) is 5.36. The van der Waals surface area contributed by atoms with Crippen LogP contribution in [0.4, 0.5) is 0 Å². The first-order chi connectivity index (χ1) is 8.11. The van der Waals surface area contributed by atoms with Gasteiger partial charge in [0.1, 0.15) is 5.75 Å². The van der Waals surface area contributed by atoms with Crippen molar-refractivity contribution in [1.29, 1.82) is 0 Å². The molecule has 0 fully saturated rings. The third-order valence-corrected chi connectivity index (χ3v) is 2.37. The monoisotopic (exact) mass is 236 g/mol. The van der Waals surface area contributed by atoms with Crippen LogP contribution in [0.25, 0.3) is 0 Å². The smallest absolute Gasteiger partial charge is 0.234 e. The van der Waals surface area contributed by atoms with E-state index in [4.69, 9.17) is 5.11 Å². The van der Waals surface area contributed by atoms with Crippen LogP contribution < -0.4 is 5.32 Å². The minimum absolute atomic E-state index is 0.0492. The molecule has 0 spiro atoms. The molecule has 4 nitrogen and oxygen atoms in total. The maximum atomic E-state index is 11.5. The standard InChI is InChI=1S/C13H20N2O2/c1-3-8-14-13(17)10-15(2)9-11-4-6-12(16)7-5-11/h4-7,16H,3,8-10H2,1-2H3,(H,14,17). The lowest BCUT2D eigenvalue weighted by Crippen LogP contribution is -2.35. The van der Waals surface area contributed by atoms with Crippen molar-refractivity contribution in [3.8, 4) is 5.75 Å². The lowest BCUT2D eigenvalue weighted by molar-refractivity contribution is -0.122. The second-order valence-electron chi connectivity index (χ2n) is 4.19. The van der Waals surface area contributed by atoms with E-state index in [0.29, 0.717) is 13.1 Å². The van der Waals surface area contributed by atoms with E-state index in [9.17, 15) is 4.79 Å². The fraction of sp³-hybridized carbons (Fsp3) is 0.462. The van der Waals surface area contributed by atoms with Crippen molar-refractivity contribution in [2.75, 3.05) is 20.1 Å². The van der Waals surface area contributed by atoms with Crippen molar-refractivity contribution < 1.29 is 9.90 Å². The van der Waals surface area contributed by atoms with Crippen LogP contribution in [0.5, 0.6) is 5.75 Å². The number of rotatable bonds is 6. The summed E-state index contributed by atoms with van der Waals surface area (Å²) < 4.78 is 0. The number of carbonyl (C=O) groups excluding carboxylic acids is 1. The second kappa shape index (κ2) is 6.91. The van der Waals surface area contributed by atoms with Crippen LogP contribution in [0.3, 0.4) is 0 Å². The number of likely N-dealkylation sites (N-methyl/N-ethyl adjacent to an activating group) is 1. The molecular weight excluding hydrogens is 216 g/mol. The Hall–Kier alpha value is -1.55. The van der Waals surface area contributed by atoms with Gasteiger partial charge in [0.15, 0.2) is 0 Å². The molecule has 1 aromatic rings. The summed E-state index contributed by atoms with van der Waals surface area (Å²) in [5.74, 6) is 0.310. The Balaban J connectivity index is 2.36. The Morgan fingerprint density at radius 1 is 1.35 bits per heavy atom. The highest BCUT2D eigenvalue weighted by Crippen LogP contribution is 2.10. The summed E-state index contributed by atoms with van der Waals surface area (Å²) in [6.45, 7) is 3.84. The Kier molecular flexibility index (Phi) is 5.49. The van der Waals surface area contributed by atoms with Crippen molar-refractivity contribution >= 4 is 5.91 Å². The Labute approximate surface area is 102 Å². The molecule has 0 unspecified atom stereocenters. The van der Waals surface area contributed by atoms with Crippen LogP contribution in [0, 0.1) is 0 Å². The van der Waals surface area contributed by atoms with E-state index in [1.807, 2.05) is 31.0 Å². The summed E-state index contributed by atoms with van der Waals surface area (Å²) in [6.07, 6.45) is 0.952. The molecule has 0 saturated carbocycles. The Morgan fingerprint density at radius 2 is 2.00 bits per heavy atom. The van der Waals surface area contributed by atoms with Gasteiger partial charge in [-0.3, -0.25) is 9.69 Å². The zero-order valence-electron chi connectivity index (χ0n) is 10.4. The summed E-state index contributed by atoms with van der Waals surface area (Å²) >= 11 is 0. The Bertz CT molecular complexity index is 349. The van der Waals surface area contributed by atoms with Crippen LogP contribution in [-0.2, 0) is 11.3 Å². The maximum Gasteiger partial charge on any atom is 0.234 e. The molecule has 1 amide bonds. The first-order valence-corrected chi connectivity index (χ1v) is 5.85. The summed E-state index contributed by atoms with van der Waals surface area (Å²) in [7, 11) is 1.90. The summed E-state index contributed by atoms with van der Waals surface area (Å²) in [6, 6.07) is 7.02. The predicted octanol–water partition coefficient (Wildman–Crippen LogP) is 1.35. The van der Waals surface area contributed by atoms with Crippen molar-refractivity contribution in [2.24, 2.45) is 0 Å². The van der Waals surface area contributed by atoms with E-state index in [-0.39, 0.29) is 11.7 Å². The number of hydrogen-bond donors (Lipinski definition) is 2. The average Bonchev–Trinajstić information content (AvgIpc) is 2.29. The average molecular weight is 236 g/mol. The molecule has 4 heteroatoms. The molecule has 1 rings (SSSR count). The van der Waals surface area contributed by atoms with Gasteiger partial charge < -0.3 is 10.4 Å². The molecule has 0 heterocycles. The number of amides is 1. The molecule has 17 heavy (non-hydrogen) atoms. The van der Waals surface area contributed by atoms with E-state index < -0.39 is 0 Å². The highest BCUT2D eigenvalue weighted by Gasteiger charge is 2.06. The number of benzene rings is 1. The largest absolute Gasteiger partial charge is 0.508 e. The summed E-state index contributed by atoms with van der Waals surface area (Å²) in [5.41, 5.74) is 1.08. The lowest BCUT2D eigenvalue weighted by atomic mass is 10.2. The molecular formula is C13H20N2O2. The van der Waals surface area contributed by atoms with Crippen molar-refractivity contribution in [3.63, 3.8) is 0 Å². The number of phenols is 1. The minimum Gasteiger partial charge on any atom is -0.508 e. The zero-order valence-corrected chi connectivity index (χ0v) is 10.4. The lowest BCUT2D eigenvalue weighted by Gasteiger charge is -2.16. The quantitative estimate of drug-likeness (QED) is 0.784. The highest BCUT2D eigenvalue weighted by molar-refractivity contribution is 5.77. The van der Waals surface area contributed by atoms with Gasteiger partial charge in [-0.2, -0.15) is 0 Å². The highest BCUT2D eigenvalue weighted by atomic mass is 16.3. The van der Waals surface area contributed by atoms with Gasteiger partial charge >= 0.3 is 0 Å². The fourth-order valence-electron chi connectivity index (χ4n) is 1.53. The summed E-state index contributed by atoms with van der Waals surface area (Å²) in [4.78, 5) is 13.4. The molecule has 0 radical (unpaired) electrons. The molecule has 0 aliphatic carbocycles. The number of nitrogens with one attached hydrogen (secondary N) is 1. The van der Waals surface area contributed by atoms with E-state index >= 15 is 0 Å². The van der Waals surface area contributed by atoms with Gasteiger partial charge in [0, 0.05) is 13.1 Å². The van der Waals surface area contributed by atoms with Crippen LogP contribution >= 0.6 is 0 Å². The SMILES string of the molecule is CCCNC(=O)CN(C)Cc1ccc(O)cc1. The topological polar surface area (TPSA) is 52.6 Å². The first kappa shape index (κ1) is 13.5. The molecule has 94 valence electrons. The normalized spacial score (nSPS) is 10.5. The molecule has 0 saturated heterocycles. The van der Waals surface area contributed by atoms with Crippen molar-refractivity contribution in [1.82, 2.24) is 10.2 Å². The first-order valence-electron chi connectivity index (χ1n) is 5.85. The molecule has 0 aromatic heterocycles. The molecule has 2 N–H and O–H groups in total. The van der Waals surface area contributed by atoms with E-state index in [1.54, 1.807) is 12.1 Å². The number of carbonyl (C=O) groups is 1. The predicted molar refractivity (Wildman–Crippen MR) is 67.7 cm³/mol. The van der Waals surface area contributed by atoms with Gasteiger partial charge in [-0.15, -0.1) is 0 Å². The summed E-state index contributed by atoms with van der Waals surface area (Å²) in [5, 5.41) is 12.0. The number of nitrogens with zero attached hydrogens (tertiary/aromatic N) is 1. The fourth-order valence-corrected chi connectivity index (χ4v) is 1.53. The minimum atomic E-state index is 0.0492. The molecule has 1 aromatic carbocycles. The van der Waals surface area contributed by atoms with Gasteiger partial charge in [-0.25, -0.2) is 0 Å². The van der Waals surface area contributed by atoms with Gasteiger partial charge in [0.2, 0.25) is 5.91 Å². The van der Waals surface area contributed by atoms with Crippen molar-refractivity contribution in [3.05, 3.63) is 29.8 Å². The zero-order chi connectivity index (χ0) is 12.7. The van der Waals surface area contributed by atoms with Gasteiger partial charge in [0.25, 0.3) is 0 Å². The molecule has 0 aliphatic rings. The Morgan fingerprint density at radius 3 is 2.59 bits per heavy atom. The van der Waals surface area contributed by atoms with Gasteiger partial charge in [-0.1, -0.05) is 19.1 Å². The number of hydrogen-bond acceptors (Lipinski definition) is 3. The van der Waals surface area contributed by atoms with Gasteiger partial charge in [-0.05, 0) is 31.2 Å². The van der Waals surface area contributed by atoms with E-state index in [0.717, 1.165) is 18.5 Å². The van der Waals surface area contributed by atoms with Gasteiger partial charge in [0.05, 0.1) is 6.54 Å². The van der Waals surface area contributed by atoms with Crippen molar-refractivity contribution in [2.45, 2.75) is 19.9 Å². The van der Waals surface area contributed by atoms with E-state index in [1.165, 1.54) is 0 Å². The third-order valence-electron chi connectivity index (χ3n) is 2.37. The van der Waals surface area contributed by atoms with Crippen LogP contribution in [-0.4, -0.2) is 36.1 Å².